The van der Waals surface area contributed by atoms with Crippen LogP contribution in [0.5, 0.6) is 11.5 Å². The van der Waals surface area contributed by atoms with E-state index in [0.29, 0.717) is 12.5 Å². The zero-order valence-electron chi connectivity index (χ0n) is 22.7. The van der Waals surface area contributed by atoms with Crippen molar-refractivity contribution < 1.29 is 14.3 Å². The molecule has 2 heterocycles. The second-order valence-corrected chi connectivity index (χ2v) is 10.5. The van der Waals surface area contributed by atoms with Crippen molar-refractivity contribution in [2.75, 3.05) is 25.2 Å². The van der Waals surface area contributed by atoms with Gasteiger partial charge in [-0.05, 0) is 79.8 Å². The molecule has 2 aliphatic rings. The highest BCUT2D eigenvalue weighted by molar-refractivity contribution is 5.94. The van der Waals surface area contributed by atoms with Crippen LogP contribution >= 0.6 is 0 Å². The summed E-state index contributed by atoms with van der Waals surface area (Å²) < 4.78 is 11.4. The Morgan fingerprint density at radius 2 is 1.65 bits per heavy atom. The highest BCUT2D eigenvalue weighted by Gasteiger charge is 2.36. The molecule has 0 aromatic heterocycles. The van der Waals surface area contributed by atoms with Gasteiger partial charge in [0.2, 0.25) is 12.7 Å². The van der Waals surface area contributed by atoms with Crippen molar-refractivity contribution in [2.24, 2.45) is 0 Å². The first-order chi connectivity index (χ1) is 17.9. The summed E-state index contributed by atoms with van der Waals surface area (Å²) in [6.45, 7) is 12.1. The summed E-state index contributed by atoms with van der Waals surface area (Å²) in [5, 5.41) is 3.30. The van der Waals surface area contributed by atoms with Gasteiger partial charge in [-0.15, -0.1) is 0 Å². The molecule has 3 aromatic rings. The Kier molecular flexibility index (Phi) is 7.25. The van der Waals surface area contributed by atoms with Crippen LogP contribution in [0, 0.1) is 20.8 Å². The molecule has 0 saturated carbocycles. The zero-order chi connectivity index (χ0) is 26.1. The molecule has 0 unspecified atom stereocenters. The topological polar surface area (TPSA) is 50.8 Å². The number of anilines is 1. The van der Waals surface area contributed by atoms with Gasteiger partial charge < -0.3 is 14.8 Å². The molecule has 2 atom stereocenters. The summed E-state index contributed by atoms with van der Waals surface area (Å²) in [5.41, 5.74) is 9.58. The Morgan fingerprint density at radius 3 is 2.32 bits per heavy atom. The maximum atomic E-state index is 13.5. The standard InChI is InChI=1S/C32H38N2O3/c1-6-23-14-21(4)15-24(7-2)31(23)33-30(35)18-34-17-26(16-28(34)25-10-8-20(3)9-11-25)27-12-13-29-32(22(27)5)37-19-36-29/h8-15,26,28H,6-7,16-19H2,1-5H3,(H,33,35)/t26-,28-/m1/s1. The lowest BCUT2D eigenvalue weighted by molar-refractivity contribution is -0.117. The number of hydrogen-bond donors (Lipinski definition) is 1. The molecule has 0 radical (unpaired) electrons. The van der Waals surface area contributed by atoms with E-state index in [9.17, 15) is 4.79 Å². The number of carbonyl (C=O) groups excluding carboxylic acids is 1. The molecular formula is C32H38N2O3. The van der Waals surface area contributed by atoms with Gasteiger partial charge in [-0.25, -0.2) is 0 Å². The van der Waals surface area contributed by atoms with Crippen LogP contribution in [0.3, 0.4) is 0 Å². The second kappa shape index (κ2) is 10.6. The Balaban J connectivity index is 1.41. The average molecular weight is 499 g/mol. The van der Waals surface area contributed by atoms with Gasteiger partial charge in [0.25, 0.3) is 0 Å². The minimum absolute atomic E-state index is 0.0495. The summed E-state index contributed by atoms with van der Waals surface area (Å²) in [6, 6.07) is 17.5. The first-order valence-electron chi connectivity index (χ1n) is 13.5. The number of aryl methyl sites for hydroxylation is 4. The van der Waals surface area contributed by atoms with E-state index in [4.69, 9.17) is 9.47 Å². The molecule has 37 heavy (non-hydrogen) atoms. The molecule has 5 nitrogen and oxygen atoms in total. The van der Waals surface area contributed by atoms with Crippen LogP contribution in [0.25, 0.3) is 0 Å². The van der Waals surface area contributed by atoms with Crippen molar-refractivity contribution in [3.63, 3.8) is 0 Å². The van der Waals surface area contributed by atoms with Crippen LogP contribution in [0.1, 0.15) is 71.2 Å². The van der Waals surface area contributed by atoms with Crippen LogP contribution in [-0.2, 0) is 17.6 Å². The van der Waals surface area contributed by atoms with E-state index in [1.807, 2.05) is 6.07 Å². The lowest BCUT2D eigenvalue weighted by Gasteiger charge is -2.25. The van der Waals surface area contributed by atoms with E-state index in [1.54, 1.807) is 0 Å². The molecule has 0 bridgehead atoms. The minimum atomic E-state index is 0.0495. The predicted octanol–water partition coefficient (Wildman–Crippen LogP) is 6.63. The lowest BCUT2D eigenvalue weighted by atomic mass is 9.90. The van der Waals surface area contributed by atoms with Gasteiger partial charge in [0, 0.05) is 18.3 Å². The molecule has 3 aromatic carbocycles. The first-order valence-corrected chi connectivity index (χ1v) is 13.5. The van der Waals surface area contributed by atoms with Gasteiger partial charge in [-0.2, -0.15) is 0 Å². The molecule has 1 amide bonds. The third-order valence-electron chi connectivity index (χ3n) is 7.95. The summed E-state index contributed by atoms with van der Waals surface area (Å²) in [6.07, 6.45) is 2.75. The summed E-state index contributed by atoms with van der Waals surface area (Å²) >= 11 is 0. The van der Waals surface area contributed by atoms with Gasteiger partial charge in [0.15, 0.2) is 11.5 Å². The number of carbonyl (C=O) groups is 1. The van der Waals surface area contributed by atoms with Gasteiger partial charge in [0.1, 0.15) is 0 Å². The quantitative estimate of drug-likeness (QED) is 0.397. The van der Waals surface area contributed by atoms with Gasteiger partial charge in [0.05, 0.1) is 6.54 Å². The van der Waals surface area contributed by atoms with Crippen LogP contribution in [0.2, 0.25) is 0 Å². The van der Waals surface area contributed by atoms with E-state index in [-0.39, 0.29) is 18.7 Å². The highest BCUT2D eigenvalue weighted by atomic mass is 16.7. The van der Waals surface area contributed by atoms with Gasteiger partial charge in [-0.1, -0.05) is 67.4 Å². The van der Waals surface area contributed by atoms with Crippen molar-refractivity contribution in [1.29, 1.82) is 0 Å². The largest absolute Gasteiger partial charge is 0.454 e. The smallest absolute Gasteiger partial charge is 0.238 e. The average Bonchev–Trinajstić information content (AvgIpc) is 3.53. The first kappa shape index (κ1) is 25.3. The van der Waals surface area contributed by atoms with Crippen LogP contribution < -0.4 is 14.8 Å². The van der Waals surface area contributed by atoms with E-state index in [1.165, 1.54) is 33.4 Å². The normalized spacial score (nSPS) is 18.8. The Labute approximate surface area is 220 Å². The molecular weight excluding hydrogens is 460 g/mol. The fourth-order valence-corrected chi connectivity index (χ4v) is 6.03. The molecule has 1 fully saturated rings. The number of rotatable bonds is 7. The predicted molar refractivity (Wildman–Crippen MR) is 149 cm³/mol. The number of amides is 1. The maximum Gasteiger partial charge on any atom is 0.238 e. The molecule has 1 N–H and O–H groups in total. The van der Waals surface area contributed by atoms with E-state index < -0.39 is 0 Å². The number of hydrogen-bond acceptors (Lipinski definition) is 4. The second-order valence-electron chi connectivity index (χ2n) is 10.5. The van der Waals surface area contributed by atoms with Crippen molar-refractivity contribution in [3.8, 4) is 11.5 Å². The molecule has 5 rings (SSSR count). The number of nitrogens with zero attached hydrogens (tertiary/aromatic N) is 1. The zero-order valence-corrected chi connectivity index (χ0v) is 22.7. The van der Waals surface area contributed by atoms with Crippen molar-refractivity contribution in [1.82, 2.24) is 4.90 Å². The van der Waals surface area contributed by atoms with Crippen molar-refractivity contribution >= 4 is 11.6 Å². The number of fused-ring (bicyclic) bond motifs is 1. The molecule has 0 spiro atoms. The van der Waals surface area contributed by atoms with Crippen molar-refractivity contribution in [2.45, 2.75) is 65.8 Å². The van der Waals surface area contributed by atoms with E-state index >= 15 is 0 Å². The van der Waals surface area contributed by atoms with Crippen LogP contribution in [-0.4, -0.2) is 30.7 Å². The Hall–Kier alpha value is -3.31. The summed E-state index contributed by atoms with van der Waals surface area (Å²) in [7, 11) is 0. The SMILES string of the molecule is CCc1cc(C)cc(CC)c1NC(=O)CN1C[C@H](c2ccc3c(c2C)OCO3)C[C@@H]1c1ccc(C)cc1. The molecule has 2 aliphatic heterocycles. The van der Waals surface area contributed by atoms with E-state index in [0.717, 1.165) is 48.6 Å². The third-order valence-corrected chi connectivity index (χ3v) is 7.95. The summed E-state index contributed by atoms with van der Waals surface area (Å²) in [4.78, 5) is 15.8. The number of benzene rings is 3. The monoisotopic (exact) mass is 498 g/mol. The summed E-state index contributed by atoms with van der Waals surface area (Å²) in [5.74, 6) is 2.04. The Bertz CT molecular complexity index is 1270. The number of nitrogens with one attached hydrogen (secondary N) is 1. The molecule has 0 aliphatic carbocycles. The van der Waals surface area contributed by atoms with Crippen LogP contribution in [0.4, 0.5) is 5.69 Å². The minimum Gasteiger partial charge on any atom is -0.454 e. The maximum absolute atomic E-state index is 13.5. The molecule has 194 valence electrons. The molecule has 5 heteroatoms. The van der Waals surface area contributed by atoms with Gasteiger partial charge >= 0.3 is 0 Å². The fourth-order valence-electron chi connectivity index (χ4n) is 6.03. The number of likely N-dealkylation sites (tertiary alicyclic amines) is 1. The number of ether oxygens (including phenoxy) is 2. The van der Waals surface area contributed by atoms with Crippen molar-refractivity contribution in [3.05, 3.63) is 87.5 Å². The van der Waals surface area contributed by atoms with Gasteiger partial charge in [-0.3, -0.25) is 9.69 Å². The Morgan fingerprint density at radius 1 is 0.946 bits per heavy atom. The lowest BCUT2D eigenvalue weighted by Crippen LogP contribution is -2.33. The third kappa shape index (κ3) is 5.10. The molecule has 1 saturated heterocycles. The highest BCUT2D eigenvalue weighted by Crippen LogP contribution is 2.45. The van der Waals surface area contributed by atoms with Crippen LogP contribution in [0.15, 0.2) is 48.5 Å². The van der Waals surface area contributed by atoms with E-state index in [2.05, 4.69) is 87.3 Å². The fraction of sp³-hybridized carbons (Fsp3) is 0.406.